The van der Waals surface area contributed by atoms with E-state index in [0.29, 0.717) is 24.2 Å². The van der Waals surface area contributed by atoms with Gasteiger partial charge in [-0.15, -0.1) is 0 Å². The van der Waals surface area contributed by atoms with Gasteiger partial charge in [-0.2, -0.15) is 0 Å². The molecule has 0 radical (unpaired) electrons. The van der Waals surface area contributed by atoms with Crippen molar-refractivity contribution in [2.75, 3.05) is 19.8 Å². The molecule has 3 rings (SSSR count). The van der Waals surface area contributed by atoms with E-state index in [2.05, 4.69) is 24.1 Å². The topological polar surface area (TPSA) is 44.7 Å². The summed E-state index contributed by atoms with van der Waals surface area (Å²) in [5.74, 6) is 0. The van der Waals surface area contributed by atoms with Crippen molar-refractivity contribution in [1.82, 2.24) is 10.2 Å². The molecule has 0 spiro atoms. The minimum absolute atomic E-state index is 0.0225. The molecule has 0 aromatic heterocycles. The maximum Gasteiger partial charge on any atom is 0.0674 e. The molecular formula is C16H30N2O2. The highest BCUT2D eigenvalue weighted by Crippen LogP contribution is 2.35. The van der Waals surface area contributed by atoms with Crippen molar-refractivity contribution in [3.63, 3.8) is 0 Å². The molecule has 0 bridgehead atoms. The van der Waals surface area contributed by atoms with E-state index >= 15 is 0 Å². The molecule has 1 saturated heterocycles. The fraction of sp³-hybridized carbons (Fsp3) is 1.00. The molecule has 4 nitrogen and oxygen atoms in total. The zero-order valence-corrected chi connectivity index (χ0v) is 13.0. The first kappa shape index (κ1) is 14.8. The molecule has 4 heteroatoms. The maximum absolute atomic E-state index is 9.95. The Kier molecular flexibility index (Phi) is 4.37. The van der Waals surface area contributed by atoms with Gasteiger partial charge in [0.15, 0.2) is 0 Å². The molecule has 0 aromatic rings. The summed E-state index contributed by atoms with van der Waals surface area (Å²) >= 11 is 0. The summed E-state index contributed by atoms with van der Waals surface area (Å²) < 4.78 is 5.76. The number of morpholine rings is 1. The van der Waals surface area contributed by atoms with Gasteiger partial charge in [-0.1, -0.05) is 0 Å². The molecule has 2 saturated carbocycles. The van der Waals surface area contributed by atoms with Gasteiger partial charge in [-0.05, 0) is 52.4 Å². The van der Waals surface area contributed by atoms with Crippen LogP contribution in [0.1, 0.15) is 52.4 Å². The van der Waals surface area contributed by atoms with Crippen molar-refractivity contribution in [3.05, 3.63) is 0 Å². The second-order valence-corrected chi connectivity index (χ2v) is 7.30. The van der Waals surface area contributed by atoms with Gasteiger partial charge in [0, 0.05) is 30.2 Å². The second-order valence-electron chi connectivity index (χ2n) is 7.30. The first-order chi connectivity index (χ1) is 9.62. The number of nitrogens with zero attached hydrogens (tertiary/aromatic N) is 1. The van der Waals surface area contributed by atoms with E-state index in [4.69, 9.17) is 4.74 Å². The van der Waals surface area contributed by atoms with E-state index in [1.807, 2.05) is 0 Å². The first-order valence-electron chi connectivity index (χ1n) is 8.38. The lowest BCUT2D eigenvalue weighted by Crippen LogP contribution is -2.60. The minimum Gasteiger partial charge on any atom is -0.394 e. The molecule has 116 valence electrons. The van der Waals surface area contributed by atoms with Crippen LogP contribution in [0.2, 0.25) is 0 Å². The van der Waals surface area contributed by atoms with Crippen LogP contribution in [0.25, 0.3) is 0 Å². The van der Waals surface area contributed by atoms with Gasteiger partial charge >= 0.3 is 0 Å². The fourth-order valence-electron chi connectivity index (χ4n) is 4.03. The molecule has 2 aliphatic carbocycles. The van der Waals surface area contributed by atoms with Crippen LogP contribution in [0.3, 0.4) is 0 Å². The average Bonchev–Trinajstić information content (AvgIpc) is 3.25. The molecule has 0 aromatic carbocycles. The third kappa shape index (κ3) is 3.19. The lowest BCUT2D eigenvalue weighted by Gasteiger charge is -2.48. The average molecular weight is 282 g/mol. The van der Waals surface area contributed by atoms with Gasteiger partial charge in [0.1, 0.15) is 0 Å². The Morgan fingerprint density at radius 2 is 2.10 bits per heavy atom. The van der Waals surface area contributed by atoms with Gasteiger partial charge in [0.2, 0.25) is 0 Å². The summed E-state index contributed by atoms with van der Waals surface area (Å²) in [4.78, 5) is 2.63. The second kappa shape index (κ2) is 5.91. The van der Waals surface area contributed by atoms with Crippen LogP contribution in [0.5, 0.6) is 0 Å². The van der Waals surface area contributed by atoms with Crippen LogP contribution in [-0.4, -0.2) is 59.5 Å². The summed E-state index contributed by atoms with van der Waals surface area (Å²) in [5, 5.41) is 13.7. The van der Waals surface area contributed by atoms with Crippen molar-refractivity contribution in [2.45, 2.75) is 82.1 Å². The molecule has 3 fully saturated rings. The molecule has 20 heavy (non-hydrogen) atoms. The zero-order valence-electron chi connectivity index (χ0n) is 13.0. The Hall–Kier alpha value is -0.160. The van der Waals surface area contributed by atoms with E-state index in [0.717, 1.165) is 26.0 Å². The third-order valence-electron chi connectivity index (χ3n) is 5.33. The van der Waals surface area contributed by atoms with E-state index in [-0.39, 0.29) is 12.1 Å². The summed E-state index contributed by atoms with van der Waals surface area (Å²) in [6, 6.07) is 1.78. The van der Waals surface area contributed by atoms with Crippen molar-refractivity contribution < 1.29 is 9.84 Å². The van der Waals surface area contributed by atoms with Crippen LogP contribution in [-0.2, 0) is 4.74 Å². The molecule has 4 unspecified atom stereocenters. The highest BCUT2D eigenvalue weighted by Gasteiger charge is 2.42. The smallest absolute Gasteiger partial charge is 0.0674 e. The highest BCUT2D eigenvalue weighted by atomic mass is 16.5. The number of aliphatic hydroxyl groups is 1. The van der Waals surface area contributed by atoms with Gasteiger partial charge < -0.3 is 15.2 Å². The number of hydrogen-bond donors (Lipinski definition) is 2. The Morgan fingerprint density at radius 3 is 2.80 bits per heavy atom. The molecule has 0 amide bonds. The highest BCUT2D eigenvalue weighted by molar-refractivity contribution is 5.01. The SMILES string of the molecule is CC1CN(C2CCCC(CO)(NC3CC3)C2)C(C)CO1. The lowest BCUT2D eigenvalue weighted by atomic mass is 9.78. The van der Waals surface area contributed by atoms with Gasteiger partial charge in [-0.25, -0.2) is 0 Å². The van der Waals surface area contributed by atoms with Crippen LogP contribution in [0.4, 0.5) is 0 Å². The van der Waals surface area contributed by atoms with E-state index in [9.17, 15) is 5.11 Å². The Bertz CT molecular complexity index is 334. The number of nitrogens with one attached hydrogen (secondary N) is 1. The van der Waals surface area contributed by atoms with Crippen molar-refractivity contribution in [1.29, 1.82) is 0 Å². The van der Waals surface area contributed by atoms with E-state index in [1.165, 1.54) is 25.7 Å². The number of aliphatic hydroxyl groups excluding tert-OH is 1. The van der Waals surface area contributed by atoms with Crippen molar-refractivity contribution in [2.24, 2.45) is 0 Å². The Balaban J connectivity index is 1.66. The maximum atomic E-state index is 9.95. The Morgan fingerprint density at radius 1 is 1.30 bits per heavy atom. The number of rotatable bonds is 4. The summed E-state index contributed by atoms with van der Waals surface area (Å²) in [6.45, 7) is 6.61. The van der Waals surface area contributed by atoms with E-state index in [1.54, 1.807) is 0 Å². The van der Waals surface area contributed by atoms with Crippen molar-refractivity contribution >= 4 is 0 Å². The molecule has 4 atom stereocenters. The van der Waals surface area contributed by atoms with Crippen LogP contribution < -0.4 is 5.32 Å². The monoisotopic (exact) mass is 282 g/mol. The molecular weight excluding hydrogens is 252 g/mol. The fourth-order valence-corrected chi connectivity index (χ4v) is 4.03. The quantitative estimate of drug-likeness (QED) is 0.821. The lowest BCUT2D eigenvalue weighted by molar-refractivity contribution is -0.0793. The van der Waals surface area contributed by atoms with Crippen LogP contribution in [0.15, 0.2) is 0 Å². The van der Waals surface area contributed by atoms with Crippen molar-refractivity contribution in [3.8, 4) is 0 Å². The van der Waals surface area contributed by atoms with Gasteiger partial charge in [-0.3, -0.25) is 4.90 Å². The number of ether oxygens (including phenoxy) is 1. The van der Waals surface area contributed by atoms with Crippen LogP contribution in [0, 0.1) is 0 Å². The number of hydrogen-bond acceptors (Lipinski definition) is 4. The Labute approximate surface area is 122 Å². The summed E-state index contributed by atoms with van der Waals surface area (Å²) in [7, 11) is 0. The summed E-state index contributed by atoms with van der Waals surface area (Å²) in [6.07, 6.45) is 7.64. The molecule has 1 heterocycles. The van der Waals surface area contributed by atoms with Gasteiger partial charge in [0.05, 0.1) is 19.3 Å². The largest absolute Gasteiger partial charge is 0.394 e. The summed E-state index contributed by atoms with van der Waals surface area (Å²) in [5.41, 5.74) is -0.0225. The normalized spacial score (nSPS) is 43.6. The van der Waals surface area contributed by atoms with Gasteiger partial charge in [0.25, 0.3) is 0 Å². The predicted octanol–water partition coefficient (Wildman–Crippen LogP) is 1.52. The standard InChI is InChI=1S/C16H30N2O2/c1-12-10-20-13(2)9-18(12)15-4-3-7-16(8-15,11-19)17-14-5-6-14/h12-15,17,19H,3-11H2,1-2H3. The zero-order chi connectivity index (χ0) is 14.2. The third-order valence-corrected chi connectivity index (χ3v) is 5.33. The van der Waals surface area contributed by atoms with Crippen LogP contribution >= 0.6 is 0 Å². The molecule has 3 aliphatic rings. The first-order valence-corrected chi connectivity index (χ1v) is 8.38. The minimum atomic E-state index is -0.0225. The molecule has 1 aliphatic heterocycles. The van der Waals surface area contributed by atoms with E-state index < -0.39 is 0 Å². The predicted molar refractivity (Wildman–Crippen MR) is 79.8 cm³/mol. The molecule has 2 N–H and O–H groups in total.